The van der Waals surface area contributed by atoms with Crippen molar-refractivity contribution in [1.82, 2.24) is 20.0 Å². The van der Waals surface area contributed by atoms with Crippen LogP contribution in [-0.2, 0) is 11.3 Å². The highest BCUT2D eigenvalue weighted by molar-refractivity contribution is 5.91. The molecule has 1 N–H and O–H groups in total. The summed E-state index contributed by atoms with van der Waals surface area (Å²) in [5.41, 5.74) is 6.30. The summed E-state index contributed by atoms with van der Waals surface area (Å²) in [5.74, 6) is -0.175. The average Bonchev–Trinajstić information content (AvgIpc) is 3.29. The molecule has 0 atom stereocenters. The molecule has 0 aliphatic carbocycles. The van der Waals surface area contributed by atoms with Crippen LogP contribution in [0.15, 0.2) is 109 Å². The van der Waals surface area contributed by atoms with Crippen molar-refractivity contribution in [2.75, 3.05) is 5.32 Å². The first-order valence-corrected chi connectivity index (χ1v) is 10.6. The Bertz CT molecular complexity index is 1350. The molecule has 5 aromatic rings. The number of nitrogens with zero attached hydrogens (tertiary/aromatic N) is 4. The van der Waals surface area contributed by atoms with Crippen LogP contribution in [0.25, 0.3) is 33.6 Å². The first-order valence-electron chi connectivity index (χ1n) is 10.6. The van der Waals surface area contributed by atoms with Gasteiger partial charge in [-0.1, -0.05) is 78.0 Å². The molecule has 2 aromatic heterocycles. The molecule has 0 unspecified atom stereocenters. The molecule has 0 fully saturated rings. The topological polar surface area (TPSA) is 72.7 Å². The van der Waals surface area contributed by atoms with E-state index in [-0.39, 0.29) is 12.5 Å². The Hall–Kier alpha value is -4.58. The minimum absolute atomic E-state index is 0.0444. The van der Waals surface area contributed by atoms with E-state index >= 15 is 0 Å². The summed E-state index contributed by atoms with van der Waals surface area (Å²) in [6.45, 7) is 0.0444. The third-order valence-corrected chi connectivity index (χ3v) is 5.31. The van der Waals surface area contributed by atoms with Gasteiger partial charge in [0.1, 0.15) is 12.2 Å². The third kappa shape index (κ3) is 4.55. The molecule has 6 nitrogen and oxygen atoms in total. The summed E-state index contributed by atoms with van der Waals surface area (Å²) in [6.07, 6.45) is 3.43. The van der Waals surface area contributed by atoms with Crippen LogP contribution >= 0.6 is 0 Å². The molecule has 0 radical (unpaired) electrons. The van der Waals surface area contributed by atoms with Crippen LogP contribution in [0.1, 0.15) is 0 Å². The predicted molar refractivity (Wildman–Crippen MR) is 129 cm³/mol. The minimum Gasteiger partial charge on any atom is -0.324 e. The number of aromatic nitrogens is 4. The molecule has 160 valence electrons. The van der Waals surface area contributed by atoms with Crippen LogP contribution in [0.3, 0.4) is 0 Å². The van der Waals surface area contributed by atoms with Gasteiger partial charge in [0, 0.05) is 29.2 Å². The van der Waals surface area contributed by atoms with Gasteiger partial charge in [0.2, 0.25) is 5.91 Å². The first kappa shape index (κ1) is 20.3. The fraction of sp³-hybridized carbons (Fsp3) is 0.0370. The maximum absolute atomic E-state index is 12.9. The molecule has 0 saturated heterocycles. The van der Waals surface area contributed by atoms with Crippen LogP contribution in [0.5, 0.6) is 0 Å². The number of carbonyl (C=O) groups excluding carboxylic acids is 1. The number of amides is 1. The maximum atomic E-state index is 12.9. The molecule has 0 spiro atoms. The number of hydrogen-bond donors (Lipinski definition) is 1. The van der Waals surface area contributed by atoms with E-state index in [9.17, 15) is 4.79 Å². The lowest BCUT2D eigenvalue weighted by Gasteiger charge is -2.10. The van der Waals surface area contributed by atoms with Gasteiger partial charge in [-0.2, -0.15) is 0 Å². The zero-order valence-electron chi connectivity index (χ0n) is 17.8. The van der Waals surface area contributed by atoms with Gasteiger partial charge in [-0.15, -0.1) is 5.10 Å². The fourth-order valence-corrected chi connectivity index (χ4v) is 3.72. The molecule has 0 saturated carbocycles. The van der Waals surface area contributed by atoms with Gasteiger partial charge in [-0.25, -0.2) is 4.68 Å². The maximum Gasteiger partial charge on any atom is 0.246 e. The fourth-order valence-electron chi connectivity index (χ4n) is 3.72. The summed E-state index contributed by atoms with van der Waals surface area (Å²) in [7, 11) is 0. The Balaban J connectivity index is 1.38. The highest BCUT2D eigenvalue weighted by Crippen LogP contribution is 2.30. The lowest BCUT2D eigenvalue weighted by atomic mass is 10.1. The van der Waals surface area contributed by atoms with Crippen molar-refractivity contribution >= 4 is 11.6 Å². The monoisotopic (exact) mass is 431 g/mol. The van der Waals surface area contributed by atoms with Gasteiger partial charge in [0.25, 0.3) is 0 Å². The van der Waals surface area contributed by atoms with E-state index in [4.69, 9.17) is 0 Å². The second kappa shape index (κ2) is 9.28. The zero-order chi connectivity index (χ0) is 22.5. The molecule has 0 aliphatic rings. The number of pyridine rings is 1. The standard InChI is InChI=1S/C27H21N5O/c33-25(29-24-13-11-21(12-14-24)20-7-3-1-4-8-20)19-32-27(23-9-5-2-6-10-23)26(30-31-32)22-15-17-28-18-16-22/h1-18H,19H2,(H,29,33). The molecule has 3 aromatic carbocycles. The molecular weight excluding hydrogens is 410 g/mol. The summed E-state index contributed by atoms with van der Waals surface area (Å²) < 4.78 is 1.64. The van der Waals surface area contributed by atoms with Crippen LogP contribution in [-0.4, -0.2) is 25.9 Å². The average molecular weight is 431 g/mol. The van der Waals surface area contributed by atoms with Crippen molar-refractivity contribution < 1.29 is 4.79 Å². The molecule has 33 heavy (non-hydrogen) atoms. The minimum atomic E-state index is -0.175. The Morgan fingerprint density at radius 2 is 1.30 bits per heavy atom. The summed E-state index contributed by atoms with van der Waals surface area (Å²) in [5, 5.41) is 11.6. The lowest BCUT2D eigenvalue weighted by Crippen LogP contribution is -2.20. The molecule has 0 bridgehead atoms. The van der Waals surface area contributed by atoms with Crippen molar-refractivity contribution in [3.63, 3.8) is 0 Å². The summed E-state index contributed by atoms with van der Waals surface area (Å²) in [6, 6.07) is 31.5. The predicted octanol–water partition coefficient (Wildman–Crippen LogP) is 5.31. The van der Waals surface area contributed by atoms with Crippen molar-refractivity contribution in [3.8, 4) is 33.6 Å². The van der Waals surface area contributed by atoms with E-state index in [1.165, 1.54) is 0 Å². The van der Waals surface area contributed by atoms with Gasteiger partial charge in [-0.05, 0) is 35.4 Å². The molecular formula is C27H21N5O. The van der Waals surface area contributed by atoms with E-state index in [2.05, 4.69) is 32.7 Å². The smallest absolute Gasteiger partial charge is 0.246 e. The van der Waals surface area contributed by atoms with Gasteiger partial charge in [0.15, 0.2) is 0 Å². The van der Waals surface area contributed by atoms with Crippen LogP contribution in [0.4, 0.5) is 5.69 Å². The number of anilines is 1. The molecule has 2 heterocycles. The quantitative estimate of drug-likeness (QED) is 0.395. The lowest BCUT2D eigenvalue weighted by molar-refractivity contribution is -0.116. The third-order valence-electron chi connectivity index (χ3n) is 5.31. The number of benzene rings is 3. The van der Waals surface area contributed by atoms with E-state index in [1.807, 2.05) is 84.9 Å². The van der Waals surface area contributed by atoms with Gasteiger partial charge in [-0.3, -0.25) is 9.78 Å². The normalized spacial score (nSPS) is 10.7. The second-order valence-electron chi connectivity index (χ2n) is 7.54. The largest absolute Gasteiger partial charge is 0.324 e. The molecule has 0 aliphatic heterocycles. The van der Waals surface area contributed by atoms with E-state index in [0.717, 1.165) is 33.6 Å². The van der Waals surface area contributed by atoms with Crippen molar-refractivity contribution in [2.24, 2.45) is 0 Å². The molecule has 5 rings (SSSR count). The van der Waals surface area contributed by atoms with Gasteiger partial charge < -0.3 is 5.32 Å². The van der Waals surface area contributed by atoms with Crippen LogP contribution in [0.2, 0.25) is 0 Å². The Morgan fingerprint density at radius 3 is 1.97 bits per heavy atom. The summed E-state index contributed by atoms with van der Waals surface area (Å²) in [4.78, 5) is 16.9. The van der Waals surface area contributed by atoms with E-state index in [1.54, 1.807) is 17.1 Å². The van der Waals surface area contributed by atoms with Crippen LogP contribution in [0, 0.1) is 0 Å². The first-order chi connectivity index (χ1) is 16.3. The van der Waals surface area contributed by atoms with Crippen molar-refractivity contribution in [3.05, 3.63) is 109 Å². The number of rotatable bonds is 6. The van der Waals surface area contributed by atoms with E-state index in [0.29, 0.717) is 5.69 Å². The molecule has 6 heteroatoms. The Morgan fingerprint density at radius 1 is 0.697 bits per heavy atom. The summed E-state index contributed by atoms with van der Waals surface area (Å²) >= 11 is 0. The highest BCUT2D eigenvalue weighted by atomic mass is 16.2. The zero-order valence-corrected chi connectivity index (χ0v) is 17.8. The van der Waals surface area contributed by atoms with Gasteiger partial charge in [0.05, 0.1) is 5.69 Å². The van der Waals surface area contributed by atoms with Crippen molar-refractivity contribution in [2.45, 2.75) is 6.54 Å². The second-order valence-corrected chi connectivity index (χ2v) is 7.54. The number of carbonyl (C=O) groups is 1. The number of hydrogen-bond acceptors (Lipinski definition) is 4. The van der Waals surface area contributed by atoms with Crippen molar-refractivity contribution in [1.29, 1.82) is 0 Å². The Kier molecular flexibility index (Phi) is 5.72. The number of nitrogens with one attached hydrogen (secondary N) is 1. The van der Waals surface area contributed by atoms with Crippen LogP contribution < -0.4 is 5.32 Å². The van der Waals surface area contributed by atoms with E-state index < -0.39 is 0 Å². The SMILES string of the molecule is O=C(Cn1nnc(-c2ccncc2)c1-c1ccccc1)Nc1ccc(-c2ccccc2)cc1. The Labute approximate surface area is 191 Å². The molecule has 1 amide bonds. The van der Waals surface area contributed by atoms with Gasteiger partial charge >= 0.3 is 0 Å². The highest BCUT2D eigenvalue weighted by Gasteiger charge is 2.18.